The van der Waals surface area contributed by atoms with Crippen molar-refractivity contribution in [3.05, 3.63) is 48.5 Å². The van der Waals surface area contributed by atoms with E-state index in [9.17, 15) is 4.79 Å². The summed E-state index contributed by atoms with van der Waals surface area (Å²) in [7, 11) is 0. The van der Waals surface area contributed by atoms with Crippen LogP contribution < -0.4 is 10.1 Å². The van der Waals surface area contributed by atoms with Gasteiger partial charge in [-0.05, 0) is 30.7 Å². The van der Waals surface area contributed by atoms with Crippen molar-refractivity contribution in [2.24, 2.45) is 0 Å². The first-order valence-corrected chi connectivity index (χ1v) is 8.43. The van der Waals surface area contributed by atoms with Crippen molar-refractivity contribution in [3.8, 4) is 5.75 Å². The average molecular weight is 342 g/mol. The molecule has 1 amide bonds. The van der Waals surface area contributed by atoms with Gasteiger partial charge in [0.15, 0.2) is 0 Å². The van der Waals surface area contributed by atoms with Gasteiger partial charge in [-0.15, -0.1) is 0 Å². The lowest BCUT2D eigenvalue weighted by atomic mass is 10.2. The molecule has 3 rings (SSSR count). The largest absolute Gasteiger partial charge is 0.492 e. The Morgan fingerprint density at radius 1 is 1.28 bits per heavy atom. The maximum Gasteiger partial charge on any atom is 0.272 e. The second-order valence-corrected chi connectivity index (χ2v) is 5.65. The molecule has 0 aliphatic carbocycles. The number of carbonyl (C=O) groups is 1. The molecule has 25 heavy (non-hydrogen) atoms. The van der Waals surface area contributed by atoms with E-state index >= 15 is 0 Å². The van der Waals surface area contributed by atoms with Crippen molar-refractivity contribution in [2.45, 2.75) is 6.42 Å². The third kappa shape index (κ3) is 5.15. The van der Waals surface area contributed by atoms with Crippen LogP contribution in [0.3, 0.4) is 0 Å². The second kappa shape index (κ2) is 8.98. The quantitative estimate of drug-likeness (QED) is 0.774. The minimum Gasteiger partial charge on any atom is -0.492 e. The third-order valence-corrected chi connectivity index (χ3v) is 3.83. The van der Waals surface area contributed by atoms with E-state index in [2.05, 4.69) is 15.3 Å². The molecule has 3 heterocycles. The summed E-state index contributed by atoms with van der Waals surface area (Å²) in [4.78, 5) is 22.4. The van der Waals surface area contributed by atoms with Crippen LogP contribution >= 0.6 is 0 Å². The van der Waals surface area contributed by atoms with Gasteiger partial charge in [0.05, 0.1) is 26.0 Å². The molecule has 7 heteroatoms. The fourth-order valence-electron chi connectivity index (χ4n) is 2.51. The zero-order valence-electron chi connectivity index (χ0n) is 14.1. The van der Waals surface area contributed by atoms with Gasteiger partial charge in [-0.2, -0.15) is 0 Å². The number of morpholine rings is 1. The molecule has 0 radical (unpaired) electrons. The Bertz CT molecular complexity index is 675. The van der Waals surface area contributed by atoms with Crippen molar-refractivity contribution in [2.75, 3.05) is 44.8 Å². The molecule has 1 fully saturated rings. The van der Waals surface area contributed by atoms with Crippen LogP contribution in [0.2, 0.25) is 0 Å². The molecule has 0 atom stereocenters. The molecule has 0 unspecified atom stereocenters. The van der Waals surface area contributed by atoms with Gasteiger partial charge in [0.1, 0.15) is 11.4 Å². The van der Waals surface area contributed by atoms with Gasteiger partial charge in [0.25, 0.3) is 5.91 Å². The smallest absolute Gasteiger partial charge is 0.272 e. The van der Waals surface area contributed by atoms with Crippen LogP contribution in [-0.2, 0) is 4.74 Å². The Morgan fingerprint density at radius 2 is 2.16 bits per heavy atom. The first-order chi connectivity index (χ1) is 12.3. The Balaban J connectivity index is 1.44. The number of nitrogens with zero attached hydrogens (tertiary/aromatic N) is 3. The van der Waals surface area contributed by atoms with Crippen molar-refractivity contribution in [3.63, 3.8) is 0 Å². The van der Waals surface area contributed by atoms with E-state index in [0.717, 1.165) is 24.4 Å². The number of nitrogens with one attached hydrogen (secondary N) is 1. The first-order valence-electron chi connectivity index (χ1n) is 8.43. The van der Waals surface area contributed by atoms with Gasteiger partial charge in [-0.1, -0.05) is 0 Å². The van der Waals surface area contributed by atoms with Crippen LogP contribution in [0.25, 0.3) is 0 Å². The van der Waals surface area contributed by atoms with E-state index < -0.39 is 0 Å². The Hall–Kier alpha value is -2.67. The maximum atomic E-state index is 12.4. The second-order valence-electron chi connectivity index (χ2n) is 5.65. The number of anilines is 1. The Kier molecular flexibility index (Phi) is 6.17. The molecule has 1 aliphatic rings. The molecule has 1 saturated heterocycles. The summed E-state index contributed by atoms with van der Waals surface area (Å²) in [5.41, 5.74) is 1.34. The van der Waals surface area contributed by atoms with Gasteiger partial charge >= 0.3 is 0 Å². The highest BCUT2D eigenvalue weighted by molar-refractivity contribution is 5.93. The van der Waals surface area contributed by atoms with Crippen LogP contribution in [0.5, 0.6) is 5.75 Å². The number of rotatable bonds is 7. The van der Waals surface area contributed by atoms with Crippen LogP contribution in [0.4, 0.5) is 5.69 Å². The summed E-state index contributed by atoms with van der Waals surface area (Å²) >= 11 is 0. The summed E-state index contributed by atoms with van der Waals surface area (Å²) in [6.07, 6.45) is 5.90. The van der Waals surface area contributed by atoms with E-state index in [1.165, 1.54) is 0 Å². The predicted octanol–water partition coefficient (Wildman–Crippen LogP) is 1.83. The number of aromatic nitrogens is 2. The lowest BCUT2D eigenvalue weighted by Crippen LogP contribution is -2.41. The molecule has 1 aliphatic heterocycles. The van der Waals surface area contributed by atoms with Crippen LogP contribution in [0.15, 0.2) is 42.9 Å². The molecular formula is C18H22N4O3. The molecule has 2 aromatic rings. The molecule has 7 nitrogen and oxygen atoms in total. The lowest BCUT2D eigenvalue weighted by molar-refractivity contribution is 0.0299. The van der Waals surface area contributed by atoms with Crippen molar-refractivity contribution in [1.82, 2.24) is 14.9 Å². The average Bonchev–Trinajstić information content (AvgIpc) is 2.69. The third-order valence-electron chi connectivity index (χ3n) is 3.83. The monoisotopic (exact) mass is 342 g/mol. The number of amides is 1. The Labute approximate surface area is 147 Å². The Morgan fingerprint density at radius 3 is 2.96 bits per heavy atom. The highest BCUT2D eigenvalue weighted by Gasteiger charge is 2.19. The SMILES string of the molecule is O=C(c1cc(NCCCOc2cccnc2)ccn1)N1CCOCC1. The summed E-state index contributed by atoms with van der Waals surface area (Å²) in [5.74, 6) is 0.719. The summed E-state index contributed by atoms with van der Waals surface area (Å²) < 4.78 is 10.9. The van der Waals surface area contributed by atoms with Gasteiger partial charge in [-0.25, -0.2) is 0 Å². The normalized spacial score (nSPS) is 14.2. The summed E-state index contributed by atoms with van der Waals surface area (Å²) in [6.45, 7) is 3.74. The minimum absolute atomic E-state index is 0.0492. The maximum absolute atomic E-state index is 12.4. The molecule has 0 spiro atoms. The molecule has 0 aromatic carbocycles. The minimum atomic E-state index is -0.0492. The zero-order valence-corrected chi connectivity index (χ0v) is 14.1. The van der Waals surface area contributed by atoms with Crippen molar-refractivity contribution in [1.29, 1.82) is 0 Å². The first kappa shape index (κ1) is 17.2. The van der Waals surface area contributed by atoms with Crippen LogP contribution in [0.1, 0.15) is 16.9 Å². The van der Waals surface area contributed by atoms with Gasteiger partial charge in [0, 0.05) is 37.7 Å². The summed E-state index contributed by atoms with van der Waals surface area (Å²) in [6, 6.07) is 7.38. The molecule has 2 aromatic heterocycles. The van der Waals surface area contributed by atoms with Crippen LogP contribution in [0, 0.1) is 0 Å². The number of pyridine rings is 2. The van der Waals surface area contributed by atoms with Gasteiger partial charge in [0.2, 0.25) is 0 Å². The fourth-order valence-corrected chi connectivity index (χ4v) is 2.51. The van der Waals surface area contributed by atoms with E-state index in [0.29, 0.717) is 38.6 Å². The molecule has 0 bridgehead atoms. The topological polar surface area (TPSA) is 76.6 Å². The predicted molar refractivity (Wildman–Crippen MR) is 93.8 cm³/mol. The van der Waals surface area contributed by atoms with E-state index in [1.54, 1.807) is 29.6 Å². The summed E-state index contributed by atoms with van der Waals surface area (Å²) in [5, 5.41) is 3.30. The van der Waals surface area contributed by atoms with Crippen LogP contribution in [-0.4, -0.2) is 60.2 Å². The van der Waals surface area contributed by atoms with Gasteiger partial charge in [-0.3, -0.25) is 14.8 Å². The standard InChI is InChI=1S/C18H22N4O3/c23-18(22-8-11-24-12-9-22)17-13-15(4-7-21-17)20-6-2-10-25-16-3-1-5-19-14-16/h1,3-5,7,13-14H,2,6,8-12H2,(H,20,21). The van der Waals surface area contributed by atoms with Gasteiger partial charge < -0.3 is 19.7 Å². The highest BCUT2D eigenvalue weighted by atomic mass is 16.5. The number of hydrogen-bond donors (Lipinski definition) is 1. The number of carbonyl (C=O) groups excluding carboxylic acids is 1. The van der Waals surface area contributed by atoms with E-state index in [1.807, 2.05) is 18.2 Å². The van der Waals surface area contributed by atoms with E-state index in [-0.39, 0.29) is 5.91 Å². The fraction of sp³-hybridized carbons (Fsp3) is 0.389. The number of hydrogen-bond acceptors (Lipinski definition) is 6. The number of ether oxygens (including phenoxy) is 2. The lowest BCUT2D eigenvalue weighted by Gasteiger charge is -2.26. The van der Waals surface area contributed by atoms with E-state index in [4.69, 9.17) is 9.47 Å². The van der Waals surface area contributed by atoms with Crippen molar-refractivity contribution < 1.29 is 14.3 Å². The molecular weight excluding hydrogens is 320 g/mol. The molecule has 132 valence electrons. The van der Waals surface area contributed by atoms with Crippen molar-refractivity contribution >= 4 is 11.6 Å². The molecule has 1 N–H and O–H groups in total. The highest BCUT2D eigenvalue weighted by Crippen LogP contribution is 2.12. The zero-order chi connectivity index (χ0) is 17.3. The molecule has 0 saturated carbocycles.